The predicted molar refractivity (Wildman–Crippen MR) is 85.5 cm³/mol. The summed E-state index contributed by atoms with van der Waals surface area (Å²) in [6.45, 7) is 2.08. The fourth-order valence-corrected chi connectivity index (χ4v) is 3.31. The number of carbonyl (C=O) groups excluding carboxylic acids is 1. The van der Waals surface area contributed by atoms with Gasteiger partial charge < -0.3 is 10.2 Å². The summed E-state index contributed by atoms with van der Waals surface area (Å²) in [4.78, 5) is 19.0. The highest BCUT2D eigenvalue weighted by atomic mass is 32.1. The van der Waals surface area contributed by atoms with E-state index < -0.39 is 0 Å². The summed E-state index contributed by atoms with van der Waals surface area (Å²) in [6, 6.07) is 10.2. The molecule has 1 N–H and O–H groups in total. The lowest BCUT2D eigenvalue weighted by molar-refractivity contribution is 0.0912. The first-order valence-corrected chi connectivity index (χ1v) is 8.11. The van der Waals surface area contributed by atoms with Crippen molar-refractivity contribution >= 4 is 17.2 Å². The lowest BCUT2D eigenvalue weighted by Gasteiger charge is -2.29. The van der Waals surface area contributed by atoms with E-state index in [1.807, 2.05) is 35.7 Å². The molecule has 0 atom stereocenters. The number of nitrogens with one attached hydrogen (secondary N) is 1. The molecule has 0 spiro atoms. The average Bonchev–Trinajstić information content (AvgIpc) is 3.00. The Kier molecular flexibility index (Phi) is 4.31. The molecule has 4 nitrogen and oxygen atoms in total. The molecule has 0 unspecified atom stereocenters. The fraction of sp³-hybridized carbons (Fsp3) is 0.375. The van der Waals surface area contributed by atoms with Crippen molar-refractivity contribution in [2.24, 2.45) is 0 Å². The second-order valence-electron chi connectivity index (χ2n) is 5.45. The number of aromatic nitrogens is 1. The van der Waals surface area contributed by atoms with E-state index >= 15 is 0 Å². The van der Waals surface area contributed by atoms with Gasteiger partial charge in [-0.05, 0) is 33.0 Å². The maximum atomic E-state index is 12.3. The molecule has 21 heavy (non-hydrogen) atoms. The van der Waals surface area contributed by atoms with Gasteiger partial charge in [0.2, 0.25) is 0 Å². The number of likely N-dealkylation sites (tertiary alicyclic amines) is 1. The molecule has 1 aromatic carbocycles. The van der Waals surface area contributed by atoms with Crippen LogP contribution < -0.4 is 5.32 Å². The van der Waals surface area contributed by atoms with Gasteiger partial charge in [-0.2, -0.15) is 0 Å². The van der Waals surface area contributed by atoms with Gasteiger partial charge in [0.05, 0.1) is 0 Å². The zero-order valence-electron chi connectivity index (χ0n) is 12.1. The molecule has 1 aromatic heterocycles. The number of carbonyl (C=O) groups is 1. The number of piperidine rings is 1. The molecule has 0 aliphatic carbocycles. The molecular formula is C16H19N3OS. The maximum absolute atomic E-state index is 12.3. The molecule has 1 aliphatic heterocycles. The van der Waals surface area contributed by atoms with Gasteiger partial charge in [-0.1, -0.05) is 30.3 Å². The number of thiazole rings is 1. The smallest absolute Gasteiger partial charge is 0.270 e. The van der Waals surface area contributed by atoms with Crippen molar-refractivity contribution in [2.75, 3.05) is 20.1 Å². The molecule has 110 valence electrons. The molecule has 1 fully saturated rings. The van der Waals surface area contributed by atoms with Crippen LogP contribution in [0.25, 0.3) is 10.6 Å². The van der Waals surface area contributed by atoms with Crippen molar-refractivity contribution in [3.8, 4) is 10.6 Å². The molecule has 5 heteroatoms. The molecule has 2 aromatic rings. The first kappa shape index (κ1) is 14.2. The molecule has 0 saturated carbocycles. The SMILES string of the molecule is CN1CCC(NC(=O)c2csc(-c3ccccc3)n2)CC1. The lowest BCUT2D eigenvalue weighted by Crippen LogP contribution is -2.43. The van der Waals surface area contributed by atoms with Gasteiger partial charge in [-0.15, -0.1) is 11.3 Å². The van der Waals surface area contributed by atoms with Crippen LogP contribution in [-0.4, -0.2) is 42.0 Å². The Morgan fingerprint density at radius 1 is 1.29 bits per heavy atom. The summed E-state index contributed by atoms with van der Waals surface area (Å²) < 4.78 is 0. The number of benzene rings is 1. The topological polar surface area (TPSA) is 45.2 Å². The quantitative estimate of drug-likeness (QED) is 0.948. The third-order valence-electron chi connectivity index (χ3n) is 3.81. The Bertz CT molecular complexity index is 603. The van der Waals surface area contributed by atoms with Crippen LogP contribution in [0.1, 0.15) is 23.3 Å². The first-order valence-electron chi connectivity index (χ1n) is 7.23. The van der Waals surface area contributed by atoms with Crippen molar-refractivity contribution in [3.63, 3.8) is 0 Å². The number of hydrogen-bond acceptors (Lipinski definition) is 4. The number of nitrogens with zero attached hydrogens (tertiary/aromatic N) is 2. The molecule has 0 radical (unpaired) electrons. The van der Waals surface area contributed by atoms with Gasteiger partial charge in [0.1, 0.15) is 10.7 Å². The zero-order valence-corrected chi connectivity index (χ0v) is 12.9. The van der Waals surface area contributed by atoms with Crippen molar-refractivity contribution in [1.29, 1.82) is 0 Å². The Morgan fingerprint density at radius 2 is 2.00 bits per heavy atom. The van der Waals surface area contributed by atoms with Crippen LogP contribution in [-0.2, 0) is 0 Å². The minimum Gasteiger partial charge on any atom is -0.348 e. The largest absolute Gasteiger partial charge is 0.348 e. The second kappa shape index (κ2) is 6.37. The monoisotopic (exact) mass is 301 g/mol. The molecule has 1 aliphatic rings. The van der Waals surface area contributed by atoms with E-state index in [-0.39, 0.29) is 11.9 Å². The van der Waals surface area contributed by atoms with Crippen LogP contribution in [0.2, 0.25) is 0 Å². The Morgan fingerprint density at radius 3 is 2.71 bits per heavy atom. The van der Waals surface area contributed by atoms with Gasteiger partial charge in [0, 0.05) is 17.0 Å². The molecule has 3 rings (SSSR count). The van der Waals surface area contributed by atoms with Crippen LogP contribution in [0, 0.1) is 0 Å². The van der Waals surface area contributed by atoms with E-state index in [4.69, 9.17) is 0 Å². The first-order chi connectivity index (χ1) is 10.2. The average molecular weight is 301 g/mol. The van der Waals surface area contributed by atoms with E-state index in [1.165, 1.54) is 11.3 Å². The van der Waals surface area contributed by atoms with Gasteiger partial charge in [0.15, 0.2) is 0 Å². The summed E-state index contributed by atoms with van der Waals surface area (Å²) in [5, 5.41) is 5.83. The molecule has 1 saturated heterocycles. The van der Waals surface area contributed by atoms with Gasteiger partial charge >= 0.3 is 0 Å². The number of rotatable bonds is 3. The lowest BCUT2D eigenvalue weighted by atomic mass is 10.1. The summed E-state index contributed by atoms with van der Waals surface area (Å²) in [5.41, 5.74) is 1.58. The van der Waals surface area contributed by atoms with Crippen molar-refractivity contribution in [2.45, 2.75) is 18.9 Å². The van der Waals surface area contributed by atoms with E-state index in [9.17, 15) is 4.79 Å². The standard InChI is InChI=1S/C16H19N3OS/c1-19-9-7-13(8-10-19)17-15(20)14-11-21-16(18-14)12-5-3-2-4-6-12/h2-6,11,13H,7-10H2,1H3,(H,17,20). The summed E-state index contributed by atoms with van der Waals surface area (Å²) in [7, 11) is 2.12. The van der Waals surface area contributed by atoms with E-state index in [1.54, 1.807) is 0 Å². The van der Waals surface area contributed by atoms with Crippen LogP contribution in [0.15, 0.2) is 35.7 Å². The third kappa shape index (κ3) is 3.49. The third-order valence-corrected chi connectivity index (χ3v) is 4.70. The van der Waals surface area contributed by atoms with E-state index in [2.05, 4.69) is 22.2 Å². The fourth-order valence-electron chi connectivity index (χ4n) is 2.50. The Labute approximate surface area is 128 Å². The summed E-state index contributed by atoms with van der Waals surface area (Å²) >= 11 is 1.51. The van der Waals surface area contributed by atoms with Crippen LogP contribution in [0.3, 0.4) is 0 Å². The highest BCUT2D eigenvalue weighted by Crippen LogP contribution is 2.23. The number of amides is 1. The second-order valence-corrected chi connectivity index (χ2v) is 6.31. The zero-order chi connectivity index (χ0) is 14.7. The van der Waals surface area contributed by atoms with E-state index in [0.29, 0.717) is 5.69 Å². The van der Waals surface area contributed by atoms with Gasteiger partial charge in [-0.3, -0.25) is 4.79 Å². The van der Waals surface area contributed by atoms with E-state index in [0.717, 1.165) is 36.5 Å². The molecular weight excluding hydrogens is 282 g/mol. The summed E-state index contributed by atoms with van der Waals surface area (Å²) in [5.74, 6) is -0.0528. The highest BCUT2D eigenvalue weighted by molar-refractivity contribution is 7.13. The Balaban J connectivity index is 1.64. The molecule has 1 amide bonds. The highest BCUT2D eigenvalue weighted by Gasteiger charge is 2.20. The number of hydrogen-bond donors (Lipinski definition) is 1. The molecule has 2 heterocycles. The van der Waals surface area contributed by atoms with Gasteiger partial charge in [0.25, 0.3) is 5.91 Å². The Hall–Kier alpha value is -1.72. The predicted octanol–water partition coefficient (Wildman–Crippen LogP) is 2.63. The van der Waals surface area contributed by atoms with Crippen LogP contribution >= 0.6 is 11.3 Å². The van der Waals surface area contributed by atoms with Crippen LogP contribution in [0.4, 0.5) is 0 Å². The minimum absolute atomic E-state index is 0.0528. The van der Waals surface area contributed by atoms with Gasteiger partial charge in [-0.25, -0.2) is 4.98 Å². The maximum Gasteiger partial charge on any atom is 0.270 e. The van der Waals surface area contributed by atoms with Crippen molar-refractivity contribution in [3.05, 3.63) is 41.4 Å². The van der Waals surface area contributed by atoms with Crippen molar-refractivity contribution < 1.29 is 4.79 Å². The van der Waals surface area contributed by atoms with Crippen molar-refractivity contribution in [1.82, 2.24) is 15.2 Å². The molecule has 0 bridgehead atoms. The van der Waals surface area contributed by atoms with Crippen LogP contribution in [0.5, 0.6) is 0 Å². The minimum atomic E-state index is -0.0528. The summed E-state index contributed by atoms with van der Waals surface area (Å²) in [6.07, 6.45) is 2.02. The normalized spacial score (nSPS) is 16.8.